The van der Waals surface area contributed by atoms with Crippen molar-refractivity contribution in [2.45, 2.75) is 51.6 Å². The summed E-state index contributed by atoms with van der Waals surface area (Å²) < 4.78 is 19.6. The van der Waals surface area contributed by atoms with E-state index < -0.39 is 8.56 Å². The van der Waals surface area contributed by atoms with Gasteiger partial charge in [0, 0.05) is 28.3 Å². The van der Waals surface area contributed by atoms with Crippen molar-refractivity contribution in [2.24, 2.45) is 0 Å². The molecule has 0 spiro atoms. The molecule has 4 aromatic carbocycles. The fourth-order valence-corrected chi connectivity index (χ4v) is 9.96. The Kier molecular flexibility index (Phi) is 5.30. The van der Waals surface area contributed by atoms with Gasteiger partial charge in [-0.25, -0.2) is 0 Å². The van der Waals surface area contributed by atoms with Gasteiger partial charge in [0.15, 0.2) is 6.61 Å². The summed E-state index contributed by atoms with van der Waals surface area (Å²) in [5.74, 6) is 1.78. The molecule has 0 fully saturated rings. The molecule has 0 aromatic heterocycles. The summed E-state index contributed by atoms with van der Waals surface area (Å²) >= 11 is 0. The number of hydrogen-bond donors (Lipinski definition) is 0. The lowest BCUT2D eigenvalue weighted by Crippen LogP contribution is -2.62. The highest BCUT2D eigenvalue weighted by atomic mass is 28.4. The van der Waals surface area contributed by atoms with Crippen molar-refractivity contribution in [3.05, 3.63) is 78.9 Å². The molecular weight excluding hydrogens is 436 g/mol. The van der Waals surface area contributed by atoms with Gasteiger partial charge in [-0.1, -0.05) is 90.1 Å². The van der Waals surface area contributed by atoms with E-state index in [-0.39, 0.29) is 10.1 Å². The highest BCUT2D eigenvalue weighted by Crippen LogP contribution is 2.58. The van der Waals surface area contributed by atoms with Gasteiger partial charge in [-0.2, -0.15) is 0 Å². The standard InChI is InChI=1S/C30H32O3Si/c1-29(2,3)34(30(4,5)6)32-25-16-14-21-10-8-9-11-23(21)27(25)28-24-18-20(19-31-7)12-13-22(24)15-17-26(28)33-34/h8-18H,1-7H3. The van der Waals surface area contributed by atoms with Crippen LogP contribution in [0.3, 0.4) is 0 Å². The molecule has 4 heteroatoms. The Morgan fingerprint density at radius 3 is 1.79 bits per heavy atom. The van der Waals surface area contributed by atoms with E-state index >= 15 is 0 Å². The lowest BCUT2D eigenvalue weighted by Gasteiger charge is -2.47. The van der Waals surface area contributed by atoms with Crippen molar-refractivity contribution < 1.29 is 13.6 Å². The number of rotatable bonds is 2. The van der Waals surface area contributed by atoms with Crippen LogP contribution in [0.15, 0.2) is 66.7 Å². The molecule has 1 aliphatic rings. The van der Waals surface area contributed by atoms with Crippen LogP contribution in [0.25, 0.3) is 32.7 Å². The third-order valence-corrected chi connectivity index (χ3v) is 11.8. The molecule has 34 heavy (non-hydrogen) atoms. The molecule has 0 unspecified atom stereocenters. The Bertz CT molecular complexity index is 1380. The Morgan fingerprint density at radius 1 is 0.676 bits per heavy atom. The summed E-state index contributed by atoms with van der Waals surface area (Å²) in [6.07, 6.45) is 0. The number of methoxy groups -OCH3 is 1. The number of fused-ring (bicyclic) bond motifs is 7. The third kappa shape index (κ3) is 3.43. The van der Waals surface area contributed by atoms with Gasteiger partial charge in [0.2, 0.25) is 0 Å². The first-order chi connectivity index (χ1) is 16.1. The van der Waals surface area contributed by atoms with E-state index in [1.165, 1.54) is 5.39 Å². The van der Waals surface area contributed by atoms with E-state index in [1.54, 1.807) is 7.11 Å². The average Bonchev–Trinajstić information content (AvgIpc) is 2.94. The fraction of sp³-hybridized carbons (Fsp3) is 0.300. The lowest BCUT2D eigenvalue weighted by atomic mass is 9.91. The van der Waals surface area contributed by atoms with Crippen LogP contribution < -0.4 is 8.85 Å². The van der Waals surface area contributed by atoms with E-state index in [0.717, 1.165) is 44.3 Å². The van der Waals surface area contributed by atoms with Gasteiger partial charge in [-0.15, -0.1) is 0 Å². The summed E-state index contributed by atoms with van der Waals surface area (Å²) in [5.41, 5.74) is 3.06. The lowest BCUT2D eigenvalue weighted by molar-refractivity contribution is 0.292. The van der Waals surface area contributed by atoms with Crippen molar-refractivity contribution in [2.75, 3.05) is 7.11 Å². The van der Waals surface area contributed by atoms with Gasteiger partial charge in [0.25, 0.3) is 0 Å². The van der Waals surface area contributed by atoms with Crippen molar-refractivity contribution in [1.29, 1.82) is 0 Å². The largest absolute Gasteiger partial charge is 0.511 e. The molecule has 2 radical (unpaired) electrons. The van der Waals surface area contributed by atoms with Gasteiger partial charge < -0.3 is 13.6 Å². The van der Waals surface area contributed by atoms with Crippen LogP contribution in [0, 0.1) is 6.61 Å². The van der Waals surface area contributed by atoms with Gasteiger partial charge >= 0.3 is 8.56 Å². The molecule has 0 saturated heterocycles. The minimum atomic E-state index is -2.88. The average molecular weight is 469 g/mol. The highest BCUT2D eigenvalue weighted by Gasteiger charge is 2.63. The first-order valence-electron chi connectivity index (χ1n) is 11.8. The summed E-state index contributed by atoms with van der Waals surface area (Å²) in [5, 5.41) is 4.24. The van der Waals surface area contributed by atoms with E-state index in [2.05, 4.69) is 109 Å². The molecule has 0 bridgehead atoms. The minimum absolute atomic E-state index is 0.176. The summed E-state index contributed by atoms with van der Waals surface area (Å²) in [6, 6.07) is 23.3. The zero-order valence-corrected chi connectivity index (χ0v) is 22.1. The van der Waals surface area contributed by atoms with Gasteiger partial charge in [-0.3, -0.25) is 0 Å². The summed E-state index contributed by atoms with van der Waals surface area (Å²) in [7, 11) is -1.26. The minimum Gasteiger partial charge on any atom is -0.511 e. The maximum absolute atomic E-state index is 7.18. The van der Waals surface area contributed by atoms with Crippen LogP contribution in [-0.2, 0) is 4.74 Å². The van der Waals surface area contributed by atoms with Crippen LogP contribution in [0.5, 0.6) is 11.5 Å². The molecule has 4 aromatic rings. The summed E-state index contributed by atoms with van der Waals surface area (Å²) in [4.78, 5) is 0. The maximum Gasteiger partial charge on any atom is 0.471 e. The van der Waals surface area contributed by atoms with Crippen LogP contribution in [-0.4, -0.2) is 15.7 Å². The maximum atomic E-state index is 7.18. The highest BCUT2D eigenvalue weighted by molar-refractivity contribution is 6.75. The smallest absolute Gasteiger partial charge is 0.471 e. The quantitative estimate of drug-likeness (QED) is 0.276. The number of benzene rings is 4. The second-order valence-electron chi connectivity index (χ2n) is 11.2. The Hall–Kier alpha value is -2.82. The molecule has 0 aliphatic carbocycles. The van der Waals surface area contributed by atoms with Gasteiger partial charge in [-0.05, 0) is 45.3 Å². The molecule has 5 rings (SSSR count). The van der Waals surface area contributed by atoms with Crippen molar-refractivity contribution >= 4 is 30.1 Å². The van der Waals surface area contributed by atoms with E-state index in [1.807, 2.05) is 6.07 Å². The molecule has 174 valence electrons. The van der Waals surface area contributed by atoms with Crippen molar-refractivity contribution in [3.63, 3.8) is 0 Å². The van der Waals surface area contributed by atoms with E-state index in [0.29, 0.717) is 0 Å². The van der Waals surface area contributed by atoms with Crippen LogP contribution >= 0.6 is 0 Å². The van der Waals surface area contributed by atoms with E-state index in [4.69, 9.17) is 13.6 Å². The zero-order chi connectivity index (χ0) is 24.3. The predicted molar refractivity (Wildman–Crippen MR) is 143 cm³/mol. The molecule has 0 saturated carbocycles. The van der Waals surface area contributed by atoms with Crippen LogP contribution in [0.4, 0.5) is 0 Å². The Balaban J connectivity index is 1.95. The molecule has 1 heterocycles. The molecule has 3 nitrogen and oxygen atoms in total. The molecule has 1 aliphatic heterocycles. The topological polar surface area (TPSA) is 27.7 Å². The third-order valence-electron chi connectivity index (χ3n) is 6.83. The van der Waals surface area contributed by atoms with Crippen LogP contribution in [0.1, 0.15) is 47.1 Å². The van der Waals surface area contributed by atoms with Gasteiger partial charge in [0.05, 0.1) is 0 Å². The Labute approximate surface area is 203 Å². The molecule has 0 amide bonds. The second-order valence-corrected chi connectivity index (χ2v) is 15.8. The molecule has 0 N–H and O–H groups in total. The number of ether oxygens (including phenoxy) is 1. The number of hydrogen-bond acceptors (Lipinski definition) is 3. The molecule has 0 atom stereocenters. The van der Waals surface area contributed by atoms with E-state index in [9.17, 15) is 0 Å². The predicted octanol–water partition coefficient (Wildman–Crippen LogP) is 8.51. The van der Waals surface area contributed by atoms with Crippen LogP contribution in [0.2, 0.25) is 10.1 Å². The monoisotopic (exact) mass is 468 g/mol. The molecular formula is C30H32O3Si. The van der Waals surface area contributed by atoms with Gasteiger partial charge in [0.1, 0.15) is 11.5 Å². The first-order valence-corrected chi connectivity index (χ1v) is 13.6. The van der Waals surface area contributed by atoms with Crippen molar-refractivity contribution in [3.8, 4) is 22.6 Å². The SMILES string of the molecule is CO[C]c1ccc2ccc3c(c2c1)-c1c(ccc2ccccc12)O[Si](C(C)(C)C)(C(C)(C)C)O3. The first kappa shape index (κ1) is 22.9. The Morgan fingerprint density at radius 2 is 1.21 bits per heavy atom. The normalized spacial score (nSPS) is 15.3. The zero-order valence-electron chi connectivity index (χ0n) is 21.1. The second kappa shape index (κ2) is 7.86. The van der Waals surface area contributed by atoms with Crippen molar-refractivity contribution in [1.82, 2.24) is 0 Å². The summed E-state index contributed by atoms with van der Waals surface area (Å²) in [6.45, 7) is 16.5. The fourth-order valence-electron chi connectivity index (χ4n) is 5.49.